The van der Waals surface area contributed by atoms with Crippen molar-refractivity contribution < 1.29 is 13.2 Å². The fourth-order valence-corrected chi connectivity index (χ4v) is 6.73. The summed E-state index contributed by atoms with van der Waals surface area (Å²) in [5, 5.41) is 0.293. The molecule has 2 aromatic carbocycles. The Bertz CT molecular complexity index is 1400. The molecule has 0 radical (unpaired) electrons. The number of nitrogens with zero attached hydrogens (tertiary/aromatic N) is 2. The van der Waals surface area contributed by atoms with Crippen molar-refractivity contribution in [2.45, 2.75) is 53.0 Å². The fourth-order valence-electron chi connectivity index (χ4n) is 4.66. The summed E-state index contributed by atoms with van der Waals surface area (Å²) >= 11 is 6.60. The van der Waals surface area contributed by atoms with Gasteiger partial charge in [-0.2, -0.15) is 0 Å². The Hall–Kier alpha value is -2.38. The molecular formula is C25H29ClN2O4S. The molecule has 0 amide bonds. The molecule has 0 saturated carbocycles. The van der Waals surface area contributed by atoms with E-state index in [0.29, 0.717) is 34.5 Å². The van der Waals surface area contributed by atoms with Crippen LogP contribution in [-0.2, 0) is 9.84 Å². The van der Waals surface area contributed by atoms with E-state index in [-0.39, 0.29) is 40.9 Å². The molecule has 8 heteroatoms. The molecule has 33 heavy (non-hydrogen) atoms. The van der Waals surface area contributed by atoms with Crippen molar-refractivity contribution in [1.29, 1.82) is 0 Å². The van der Waals surface area contributed by atoms with E-state index in [9.17, 15) is 18.0 Å². The van der Waals surface area contributed by atoms with Crippen molar-refractivity contribution in [3.8, 4) is 5.69 Å². The molecule has 6 nitrogen and oxygen atoms in total. The molecule has 0 bridgehead atoms. The van der Waals surface area contributed by atoms with E-state index in [0.717, 1.165) is 11.3 Å². The van der Waals surface area contributed by atoms with Crippen LogP contribution in [0, 0.1) is 12.3 Å². The first-order valence-corrected chi connectivity index (χ1v) is 13.4. The van der Waals surface area contributed by atoms with Crippen molar-refractivity contribution in [1.82, 2.24) is 9.13 Å². The molecule has 1 aliphatic heterocycles. The minimum Gasteiger partial charge on any atom is -0.294 e. The van der Waals surface area contributed by atoms with Gasteiger partial charge in [0.15, 0.2) is 5.78 Å². The minimum atomic E-state index is -3.02. The van der Waals surface area contributed by atoms with E-state index < -0.39 is 9.84 Å². The second-order valence-electron chi connectivity index (χ2n) is 9.80. The highest BCUT2D eigenvalue weighted by Crippen LogP contribution is 2.38. The summed E-state index contributed by atoms with van der Waals surface area (Å²) < 4.78 is 27.0. The lowest BCUT2D eigenvalue weighted by atomic mass is 9.78. The van der Waals surface area contributed by atoms with Crippen LogP contribution < -0.4 is 5.69 Å². The van der Waals surface area contributed by atoms with E-state index in [2.05, 4.69) is 0 Å². The second kappa shape index (κ2) is 8.44. The van der Waals surface area contributed by atoms with Gasteiger partial charge in [-0.1, -0.05) is 30.7 Å². The van der Waals surface area contributed by atoms with Crippen LogP contribution in [0.1, 0.15) is 62.0 Å². The normalized spacial score (nSPS) is 17.5. The first-order valence-electron chi connectivity index (χ1n) is 11.2. The third-order valence-corrected chi connectivity index (χ3v) is 8.62. The molecule has 176 valence electrons. The van der Waals surface area contributed by atoms with Crippen molar-refractivity contribution in [2.75, 3.05) is 11.5 Å². The molecule has 1 saturated heterocycles. The number of carbonyl (C=O) groups is 1. The summed E-state index contributed by atoms with van der Waals surface area (Å²) in [4.78, 5) is 26.7. The van der Waals surface area contributed by atoms with E-state index in [4.69, 9.17) is 11.6 Å². The number of halogens is 1. The molecule has 3 aromatic rings. The summed E-state index contributed by atoms with van der Waals surface area (Å²) in [5.74, 6) is 0.0840. The minimum absolute atomic E-state index is 0.107. The van der Waals surface area contributed by atoms with Gasteiger partial charge in [-0.3, -0.25) is 13.9 Å². The number of sulfone groups is 1. The van der Waals surface area contributed by atoms with Gasteiger partial charge >= 0.3 is 5.69 Å². The zero-order valence-corrected chi connectivity index (χ0v) is 21.0. The van der Waals surface area contributed by atoms with Crippen LogP contribution in [0.25, 0.3) is 16.7 Å². The van der Waals surface area contributed by atoms with Crippen molar-refractivity contribution in [2.24, 2.45) is 5.41 Å². The number of ketones is 1. The van der Waals surface area contributed by atoms with Crippen molar-refractivity contribution in [3.63, 3.8) is 0 Å². The number of benzene rings is 2. The van der Waals surface area contributed by atoms with Crippen LogP contribution in [0.4, 0.5) is 0 Å². The van der Waals surface area contributed by atoms with Gasteiger partial charge in [0.25, 0.3) is 0 Å². The average molecular weight is 489 g/mol. The van der Waals surface area contributed by atoms with Crippen LogP contribution in [0.2, 0.25) is 5.02 Å². The fraction of sp³-hybridized carbons (Fsp3) is 0.440. The Balaban J connectivity index is 1.81. The Morgan fingerprint density at radius 3 is 2.39 bits per heavy atom. The van der Waals surface area contributed by atoms with E-state index in [1.54, 1.807) is 21.3 Å². The monoisotopic (exact) mass is 488 g/mol. The van der Waals surface area contributed by atoms with Crippen molar-refractivity contribution in [3.05, 3.63) is 63.0 Å². The lowest BCUT2D eigenvalue weighted by molar-refractivity contribution is 0.0912. The van der Waals surface area contributed by atoms with Gasteiger partial charge in [0, 0.05) is 18.0 Å². The lowest BCUT2D eigenvalue weighted by Crippen LogP contribution is -2.33. The summed E-state index contributed by atoms with van der Waals surface area (Å²) in [7, 11) is -3.02. The Morgan fingerprint density at radius 1 is 1.12 bits per heavy atom. The third-order valence-electron chi connectivity index (χ3n) is 6.66. The van der Waals surface area contributed by atoms with Gasteiger partial charge in [-0.25, -0.2) is 13.2 Å². The molecule has 0 spiro atoms. The zero-order valence-electron chi connectivity index (χ0n) is 19.4. The number of Topliss-reactive ketones (excluding diaryl/α,β-unsaturated/α-hetero) is 1. The first-order chi connectivity index (χ1) is 15.4. The van der Waals surface area contributed by atoms with Crippen LogP contribution in [0.5, 0.6) is 0 Å². The standard InChI is InChI=1S/C25H29ClN2O4S/c1-16(2)27-21-13-19(23(29)15-25(4)8-10-33(31,32)11-9-25)20(26)14-22(21)28(24(27)30)18-7-5-6-17(3)12-18/h5-7,12-14,16H,8-11,15H2,1-4H3. The van der Waals surface area contributed by atoms with Gasteiger partial charge in [0.05, 0.1) is 33.2 Å². The molecule has 0 N–H and O–H groups in total. The molecule has 0 atom stereocenters. The summed E-state index contributed by atoms with van der Waals surface area (Å²) in [6.07, 6.45) is 1.14. The average Bonchev–Trinajstić information content (AvgIpc) is 3.00. The number of fused-ring (bicyclic) bond motifs is 1. The number of hydrogen-bond donors (Lipinski definition) is 0. The topological polar surface area (TPSA) is 78.1 Å². The quantitative estimate of drug-likeness (QED) is 0.467. The zero-order chi connectivity index (χ0) is 24.1. The molecule has 1 aromatic heterocycles. The van der Waals surface area contributed by atoms with Gasteiger partial charge in [0.2, 0.25) is 0 Å². The lowest BCUT2D eigenvalue weighted by Gasteiger charge is -2.32. The van der Waals surface area contributed by atoms with Crippen molar-refractivity contribution >= 4 is 38.3 Å². The number of imidazole rings is 1. The highest BCUT2D eigenvalue weighted by molar-refractivity contribution is 7.91. The molecule has 4 rings (SSSR count). The molecule has 0 aliphatic carbocycles. The maximum Gasteiger partial charge on any atom is 0.333 e. The molecule has 1 fully saturated rings. The van der Waals surface area contributed by atoms with Crippen LogP contribution in [0.15, 0.2) is 41.2 Å². The number of aryl methyl sites for hydroxylation is 1. The van der Waals surface area contributed by atoms with E-state index in [1.165, 1.54) is 0 Å². The van der Waals surface area contributed by atoms with Gasteiger partial charge in [-0.05, 0) is 68.9 Å². The second-order valence-corrected chi connectivity index (χ2v) is 12.5. The van der Waals surface area contributed by atoms with Gasteiger partial charge < -0.3 is 0 Å². The predicted octanol–water partition coefficient (Wildman–Crippen LogP) is 5.12. The summed E-state index contributed by atoms with van der Waals surface area (Å²) in [5.41, 5.74) is 2.88. The number of rotatable bonds is 5. The Morgan fingerprint density at radius 2 is 1.79 bits per heavy atom. The molecule has 0 unspecified atom stereocenters. The maximum absolute atomic E-state index is 13.4. The van der Waals surface area contributed by atoms with E-state index >= 15 is 0 Å². The summed E-state index contributed by atoms with van der Waals surface area (Å²) in [6.45, 7) is 7.79. The van der Waals surface area contributed by atoms with Crippen LogP contribution in [-0.4, -0.2) is 34.8 Å². The molecule has 2 heterocycles. The largest absolute Gasteiger partial charge is 0.333 e. The van der Waals surface area contributed by atoms with Crippen LogP contribution >= 0.6 is 11.6 Å². The highest BCUT2D eigenvalue weighted by Gasteiger charge is 2.35. The van der Waals surface area contributed by atoms with E-state index in [1.807, 2.05) is 52.0 Å². The predicted molar refractivity (Wildman–Crippen MR) is 133 cm³/mol. The SMILES string of the molecule is Cc1cccc(-n2c(=O)n(C(C)C)c3cc(C(=O)CC4(C)CCS(=O)(=O)CC4)c(Cl)cc32)c1. The highest BCUT2D eigenvalue weighted by atomic mass is 35.5. The van der Waals surface area contributed by atoms with Gasteiger partial charge in [-0.15, -0.1) is 0 Å². The van der Waals surface area contributed by atoms with Crippen LogP contribution in [0.3, 0.4) is 0 Å². The first kappa shape index (κ1) is 23.8. The Kier molecular flexibility index (Phi) is 6.08. The third kappa shape index (κ3) is 4.53. The number of carbonyl (C=O) groups excluding carboxylic acids is 1. The number of hydrogen-bond acceptors (Lipinski definition) is 4. The molecular weight excluding hydrogens is 460 g/mol. The number of aromatic nitrogens is 2. The summed E-state index contributed by atoms with van der Waals surface area (Å²) in [6, 6.07) is 11.0. The molecule has 1 aliphatic rings. The Labute approximate surface area is 199 Å². The smallest absolute Gasteiger partial charge is 0.294 e. The maximum atomic E-state index is 13.4. The van der Waals surface area contributed by atoms with Gasteiger partial charge in [0.1, 0.15) is 9.84 Å².